The van der Waals surface area contributed by atoms with Gasteiger partial charge in [0, 0.05) is 35.7 Å². The Morgan fingerprint density at radius 1 is 1.26 bits per heavy atom. The Kier molecular flexibility index (Phi) is 6.65. The van der Waals surface area contributed by atoms with Gasteiger partial charge in [-0.2, -0.15) is 12.7 Å². The van der Waals surface area contributed by atoms with Crippen molar-refractivity contribution < 1.29 is 22.3 Å². The van der Waals surface area contributed by atoms with E-state index in [0.717, 1.165) is 5.57 Å². The van der Waals surface area contributed by atoms with E-state index in [2.05, 4.69) is 14.7 Å². The normalized spacial score (nSPS) is 15.2. The average Bonchev–Trinajstić information content (AvgIpc) is 3.15. The predicted molar refractivity (Wildman–Crippen MR) is 134 cm³/mol. The average molecular weight is 521 g/mol. The smallest absolute Gasteiger partial charge is 0.304 e. The molecule has 0 aliphatic carbocycles. The molecule has 1 aliphatic rings. The van der Waals surface area contributed by atoms with Gasteiger partial charge < -0.3 is 9.72 Å². The van der Waals surface area contributed by atoms with E-state index >= 15 is 0 Å². The molecular weight excluding hydrogens is 495 g/mol. The molecule has 35 heavy (non-hydrogen) atoms. The minimum atomic E-state index is -3.98. The van der Waals surface area contributed by atoms with Gasteiger partial charge in [-0.05, 0) is 41.8 Å². The fourth-order valence-electron chi connectivity index (χ4n) is 3.84. The molecule has 1 amide bonds. The van der Waals surface area contributed by atoms with Crippen LogP contribution in [0.1, 0.15) is 32.9 Å². The molecule has 4 rings (SSSR count). The zero-order valence-corrected chi connectivity index (χ0v) is 21.3. The largest absolute Gasteiger partial charge is 0.496 e. The van der Waals surface area contributed by atoms with E-state index in [0.29, 0.717) is 45.0 Å². The number of hydrogen-bond acceptors (Lipinski definition) is 5. The molecule has 0 saturated heterocycles. The Morgan fingerprint density at radius 2 is 2.00 bits per heavy atom. The molecule has 2 N–H and O–H groups in total. The zero-order valence-electron chi connectivity index (χ0n) is 19.8. The van der Waals surface area contributed by atoms with Crippen LogP contribution in [0, 0.1) is 11.2 Å². The topological polar surface area (TPSA) is 104 Å². The van der Waals surface area contributed by atoms with Crippen LogP contribution in [0.15, 0.2) is 36.5 Å². The molecule has 0 unspecified atom stereocenters. The monoisotopic (exact) mass is 520 g/mol. The number of nitrogens with zero attached hydrogens (tertiary/aromatic N) is 2. The number of hydrogen-bond donors (Lipinski definition) is 2. The number of aromatic nitrogens is 2. The highest BCUT2D eigenvalue weighted by Gasteiger charge is 2.31. The molecule has 1 aliphatic heterocycles. The highest BCUT2D eigenvalue weighted by molar-refractivity contribution is 7.87. The molecule has 0 fully saturated rings. The van der Waals surface area contributed by atoms with E-state index in [-0.39, 0.29) is 13.1 Å². The number of fused-ring (bicyclic) bond motifs is 1. The highest BCUT2D eigenvalue weighted by Crippen LogP contribution is 2.41. The predicted octanol–water partition coefficient (Wildman–Crippen LogP) is 4.53. The quantitative estimate of drug-likeness (QED) is 0.514. The number of halogens is 2. The Morgan fingerprint density at radius 3 is 2.63 bits per heavy atom. The summed E-state index contributed by atoms with van der Waals surface area (Å²) in [5.74, 6) is -0.488. The molecule has 186 valence electrons. The fraction of sp³-hybridized carbons (Fsp3) is 0.333. The second-order valence-electron chi connectivity index (χ2n) is 9.26. The summed E-state index contributed by atoms with van der Waals surface area (Å²) < 4.78 is 48.1. The molecular formula is C24H26ClFN4O4S. The molecule has 0 saturated carbocycles. The first-order valence-corrected chi connectivity index (χ1v) is 12.8. The minimum absolute atomic E-state index is 0.0752. The third-order valence-electron chi connectivity index (χ3n) is 5.82. The first kappa shape index (κ1) is 25.2. The molecule has 3 heterocycles. The first-order chi connectivity index (χ1) is 16.4. The van der Waals surface area contributed by atoms with Gasteiger partial charge in [0.25, 0.3) is 0 Å². The van der Waals surface area contributed by atoms with Crippen LogP contribution in [-0.2, 0) is 15.0 Å². The third kappa shape index (κ3) is 4.91. The summed E-state index contributed by atoms with van der Waals surface area (Å²) in [6.07, 6.45) is 3.72. The lowest BCUT2D eigenvalue weighted by molar-refractivity contribution is -0.126. The van der Waals surface area contributed by atoms with E-state index in [1.807, 2.05) is 0 Å². The Bertz CT molecular complexity index is 1440. The maximum Gasteiger partial charge on any atom is 0.304 e. The molecule has 11 heteroatoms. The van der Waals surface area contributed by atoms with Crippen molar-refractivity contribution in [2.45, 2.75) is 27.2 Å². The van der Waals surface area contributed by atoms with E-state index in [1.54, 1.807) is 45.2 Å². The van der Waals surface area contributed by atoms with E-state index in [9.17, 15) is 17.6 Å². The van der Waals surface area contributed by atoms with Crippen molar-refractivity contribution in [3.05, 3.63) is 53.1 Å². The van der Waals surface area contributed by atoms with Crippen molar-refractivity contribution in [1.29, 1.82) is 0 Å². The Balaban J connectivity index is 1.67. The van der Waals surface area contributed by atoms with Crippen LogP contribution in [0.25, 0.3) is 27.7 Å². The second-order valence-corrected chi connectivity index (χ2v) is 11.3. The summed E-state index contributed by atoms with van der Waals surface area (Å²) in [5.41, 5.74) is 2.31. The number of amides is 1. The van der Waals surface area contributed by atoms with Crippen LogP contribution in [-0.4, -0.2) is 48.8 Å². The third-order valence-corrected chi connectivity index (χ3v) is 7.65. The number of aromatic amines is 1. The first-order valence-electron chi connectivity index (χ1n) is 10.9. The molecule has 0 atom stereocenters. The van der Waals surface area contributed by atoms with Crippen molar-refractivity contribution in [2.24, 2.45) is 5.41 Å². The number of methoxy groups -OCH3 is 1. The standard InChI is InChI=1S/C24H26ClFN4O4S/c1-24(2,3)23(31)29-35(32,33)30-11-8-14(9-12-30)21-20(25)19-16(7-10-27-22(19)28-21)17-13-15(26)5-6-18(17)34-4/h5-8,10,13H,9,11-12H2,1-4H3,(H,27,28)(H,29,31). The van der Waals surface area contributed by atoms with Crippen LogP contribution < -0.4 is 9.46 Å². The number of rotatable bonds is 5. The molecule has 0 radical (unpaired) electrons. The molecule has 1 aromatic carbocycles. The summed E-state index contributed by atoms with van der Waals surface area (Å²) in [4.78, 5) is 19.8. The summed E-state index contributed by atoms with van der Waals surface area (Å²) in [7, 11) is -2.47. The van der Waals surface area contributed by atoms with Crippen molar-refractivity contribution in [1.82, 2.24) is 19.0 Å². The molecule has 0 spiro atoms. The number of ether oxygens (including phenoxy) is 1. The highest BCUT2D eigenvalue weighted by atomic mass is 35.5. The van der Waals surface area contributed by atoms with Crippen LogP contribution in [0.3, 0.4) is 0 Å². The summed E-state index contributed by atoms with van der Waals surface area (Å²) >= 11 is 6.79. The van der Waals surface area contributed by atoms with Crippen LogP contribution in [0.4, 0.5) is 4.39 Å². The Labute approximate surface area is 208 Å². The number of nitrogens with one attached hydrogen (secondary N) is 2. The molecule has 3 aromatic rings. The van der Waals surface area contributed by atoms with E-state index in [4.69, 9.17) is 16.3 Å². The molecule has 8 nitrogen and oxygen atoms in total. The molecule has 2 aromatic heterocycles. The zero-order chi connectivity index (χ0) is 25.5. The van der Waals surface area contributed by atoms with Gasteiger partial charge in [-0.1, -0.05) is 38.4 Å². The summed E-state index contributed by atoms with van der Waals surface area (Å²) in [6, 6.07) is 5.99. The maximum absolute atomic E-state index is 14.0. The SMILES string of the molecule is COc1ccc(F)cc1-c1ccnc2[nH]c(C3=CCN(S(=O)(=O)NC(=O)C(C)(C)C)CC3)c(Cl)c12. The number of H-pyrrole nitrogens is 1. The lowest BCUT2D eigenvalue weighted by atomic mass is 9.96. The minimum Gasteiger partial charge on any atom is -0.496 e. The second kappa shape index (κ2) is 9.25. The van der Waals surface area contributed by atoms with E-state index < -0.39 is 27.3 Å². The van der Waals surface area contributed by atoms with Gasteiger partial charge in [0.05, 0.1) is 17.8 Å². The van der Waals surface area contributed by atoms with Crippen molar-refractivity contribution >= 4 is 44.3 Å². The van der Waals surface area contributed by atoms with Crippen LogP contribution in [0.2, 0.25) is 5.02 Å². The van der Waals surface area contributed by atoms with Gasteiger partial charge in [-0.25, -0.2) is 14.1 Å². The van der Waals surface area contributed by atoms with Gasteiger partial charge in [-0.15, -0.1) is 0 Å². The number of benzene rings is 1. The lowest BCUT2D eigenvalue weighted by Crippen LogP contribution is -2.48. The lowest BCUT2D eigenvalue weighted by Gasteiger charge is -2.27. The maximum atomic E-state index is 14.0. The van der Waals surface area contributed by atoms with Gasteiger partial charge >= 0.3 is 10.2 Å². The fourth-order valence-corrected chi connectivity index (χ4v) is 5.48. The Hall–Kier alpha value is -2.95. The van der Waals surface area contributed by atoms with Crippen LogP contribution >= 0.6 is 11.6 Å². The van der Waals surface area contributed by atoms with Crippen LogP contribution in [0.5, 0.6) is 5.75 Å². The van der Waals surface area contributed by atoms with Crippen molar-refractivity contribution in [2.75, 3.05) is 20.2 Å². The van der Waals surface area contributed by atoms with Gasteiger partial charge in [0.2, 0.25) is 5.91 Å². The summed E-state index contributed by atoms with van der Waals surface area (Å²) in [5, 5.41) is 1.01. The number of carbonyl (C=O) groups is 1. The van der Waals surface area contributed by atoms with Crippen molar-refractivity contribution in [3.63, 3.8) is 0 Å². The van der Waals surface area contributed by atoms with E-state index in [1.165, 1.54) is 23.5 Å². The number of carbonyl (C=O) groups excluding carboxylic acids is 1. The van der Waals surface area contributed by atoms with Gasteiger partial charge in [-0.3, -0.25) is 4.79 Å². The number of pyridine rings is 1. The summed E-state index contributed by atoms with van der Waals surface area (Å²) in [6.45, 7) is 5.18. The van der Waals surface area contributed by atoms with Gasteiger partial charge in [0.15, 0.2) is 0 Å². The van der Waals surface area contributed by atoms with Crippen molar-refractivity contribution in [3.8, 4) is 16.9 Å². The molecule has 0 bridgehead atoms. The van der Waals surface area contributed by atoms with Gasteiger partial charge in [0.1, 0.15) is 17.2 Å².